The van der Waals surface area contributed by atoms with Gasteiger partial charge in [0.1, 0.15) is 5.82 Å². The second kappa shape index (κ2) is 10.3. The van der Waals surface area contributed by atoms with Gasteiger partial charge in [-0.3, -0.25) is 14.3 Å². The van der Waals surface area contributed by atoms with Gasteiger partial charge < -0.3 is 5.32 Å². The monoisotopic (exact) mass is 481 g/mol. The standard InChI is InChI=1S/C27H20FN5OS/c28-22-10-12-24(13-11-22)33-25(20-14-16-29-17-15-20)31-32-27(33)35-18-19-6-8-21(9-7-19)26(34)30-23-4-2-1-3-5-23/h1-17H,18H2,(H,30,34). The molecular formula is C27H20FN5OS. The Labute approximate surface area is 205 Å². The molecular weight excluding hydrogens is 461 g/mol. The molecule has 5 rings (SSSR count). The fourth-order valence-corrected chi connectivity index (χ4v) is 4.41. The molecule has 5 aromatic rings. The van der Waals surface area contributed by atoms with Crippen LogP contribution in [0.1, 0.15) is 15.9 Å². The second-order valence-electron chi connectivity index (χ2n) is 7.66. The number of hydrogen-bond acceptors (Lipinski definition) is 5. The number of hydrogen-bond donors (Lipinski definition) is 1. The molecule has 0 aliphatic carbocycles. The van der Waals surface area contributed by atoms with Crippen molar-refractivity contribution in [3.05, 3.63) is 120 Å². The van der Waals surface area contributed by atoms with Crippen LogP contribution in [0.5, 0.6) is 0 Å². The molecule has 2 heterocycles. The van der Waals surface area contributed by atoms with Gasteiger partial charge in [-0.15, -0.1) is 10.2 Å². The van der Waals surface area contributed by atoms with Crippen LogP contribution < -0.4 is 5.32 Å². The normalized spacial score (nSPS) is 10.8. The summed E-state index contributed by atoms with van der Waals surface area (Å²) in [6.45, 7) is 0. The molecule has 0 fully saturated rings. The van der Waals surface area contributed by atoms with Crippen molar-refractivity contribution in [2.24, 2.45) is 0 Å². The Morgan fingerprint density at radius 2 is 1.57 bits per heavy atom. The SMILES string of the molecule is O=C(Nc1ccccc1)c1ccc(CSc2nnc(-c3ccncc3)n2-c2ccc(F)cc2)cc1. The Morgan fingerprint density at radius 3 is 2.29 bits per heavy atom. The molecule has 0 radical (unpaired) electrons. The third kappa shape index (κ3) is 5.28. The molecule has 0 saturated heterocycles. The van der Waals surface area contributed by atoms with Crippen molar-refractivity contribution in [3.8, 4) is 17.1 Å². The molecule has 0 atom stereocenters. The van der Waals surface area contributed by atoms with E-state index in [4.69, 9.17) is 0 Å². The van der Waals surface area contributed by atoms with Gasteiger partial charge in [0.2, 0.25) is 0 Å². The van der Waals surface area contributed by atoms with E-state index < -0.39 is 0 Å². The fraction of sp³-hybridized carbons (Fsp3) is 0.0370. The summed E-state index contributed by atoms with van der Waals surface area (Å²) in [5.41, 5.74) is 3.99. The lowest BCUT2D eigenvalue weighted by atomic mass is 10.1. The van der Waals surface area contributed by atoms with Gasteiger partial charge in [-0.2, -0.15) is 0 Å². The average molecular weight is 482 g/mol. The van der Waals surface area contributed by atoms with Crippen LogP contribution in [0.4, 0.5) is 10.1 Å². The van der Waals surface area contributed by atoms with Gasteiger partial charge in [0, 0.05) is 40.6 Å². The van der Waals surface area contributed by atoms with Crippen molar-refractivity contribution >= 4 is 23.4 Å². The number of carbonyl (C=O) groups is 1. The molecule has 0 bridgehead atoms. The van der Waals surface area contributed by atoms with Gasteiger partial charge in [0.25, 0.3) is 5.91 Å². The number of pyridine rings is 1. The topological polar surface area (TPSA) is 72.7 Å². The maximum Gasteiger partial charge on any atom is 0.255 e. The van der Waals surface area contributed by atoms with Crippen molar-refractivity contribution < 1.29 is 9.18 Å². The van der Waals surface area contributed by atoms with Crippen LogP contribution in [0.15, 0.2) is 109 Å². The summed E-state index contributed by atoms with van der Waals surface area (Å²) in [5, 5.41) is 12.4. The summed E-state index contributed by atoms with van der Waals surface area (Å²) in [6.07, 6.45) is 3.39. The van der Waals surface area contributed by atoms with Crippen LogP contribution >= 0.6 is 11.8 Å². The van der Waals surface area contributed by atoms with Gasteiger partial charge in [-0.05, 0) is 66.2 Å². The number of para-hydroxylation sites is 1. The average Bonchev–Trinajstić information content (AvgIpc) is 3.33. The zero-order valence-corrected chi connectivity index (χ0v) is 19.3. The molecule has 0 unspecified atom stereocenters. The zero-order valence-electron chi connectivity index (χ0n) is 18.5. The molecule has 6 nitrogen and oxygen atoms in total. The molecule has 1 amide bonds. The molecule has 3 aromatic carbocycles. The van der Waals surface area contributed by atoms with Gasteiger partial charge in [-0.25, -0.2) is 4.39 Å². The van der Waals surface area contributed by atoms with Crippen LogP contribution in [-0.2, 0) is 5.75 Å². The van der Waals surface area contributed by atoms with Crippen molar-refractivity contribution in [2.45, 2.75) is 10.9 Å². The quantitative estimate of drug-likeness (QED) is 0.288. The highest BCUT2D eigenvalue weighted by molar-refractivity contribution is 7.98. The lowest BCUT2D eigenvalue weighted by Crippen LogP contribution is -2.11. The number of benzene rings is 3. The molecule has 0 spiro atoms. The highest BCUT2D eigenvalue weighted by atomic mass is 32.2. The van der Waals surface area contributed by atoms with E-state index in [-0.39, 0.29) is 11.7 Å². The number of carbonyl (C=O) groups excluding carboxylic acids is 1. The van der Waals surface area contributed by atoms with E-state index in [2.05, 4.69) is 20.5 Å². The smallest absolute Gasteiger partial charge is 0.255 e. The van der Waals surface area contributed by atoms with Crippen LogP contribution in [-0.4, -0.2) is 25.7 Å². The van der Waals surface area contributed by atoms with Crippen LogP contribution in [0.25, 0.3) is 17.1 Å². The molecule has 8 heteroatoms. The molecule has 2 aromatic heterocycles. The van der Waals surface area contributed by atoms with Crippen LogP contribution in [0.2, 0.25) is 0 Å². The van der Waals surface area contributed by atoms with Gasteiger partial charge in [0.15, 0.2) is 11.0 Å². The first-order chi connectivity index (χ1) is 17.2. The summed E-state index contributed by atoms with van der Waals surface area (Å²) in [4.78, 5) is 16.6. The second-order valence-corrected chi connectivity index (χ2v) is 8.60. The Kier molecular flexibility index (Phi) is 6.63. The third-order valence-electron chi connectivity index (χ3n) is 5.27. The van der Waals surface area contributed by atoms with E-state index in [0.29, 0.717) is 22.3 Å². The predicted molar refractivity (Wildman–Crippen MR) is 135 cm³/mol. The highest BCUT2D eigenvalue weighted by Crippen LogP contribution is 2.29. The Bertz CT molecular complexity index is 1420. The number of rotatable bonds is 7. The van der Waals surface area contributed by atoms with Crippen LogP contribution in [0, 0.1) is 5.82 Å². The van der Waals surface area contributed by atoms with E-state index in [1.807, 2.05) is 59.2 Å². The minimum absolute atomic E-state index is 0.159. The number of halogens is 1. The molecule has 0 saturated carbocycles. The fourth-order valence-electron chi connectivity index (χ4n) is 3.50. The maximum atomic E-state index is 13.6. The van der Waals surface area contributed by atoms with E-state index in [1.165, 1.54) is 23.9 Å². The summed E-state index contributed by atoms with van der Waals surface area (Å²) < 4.78 is 15.5. The van der Waals surface area contributed by atoms with Crippen molar-refractivity contribution in [3.63, 3.8) is 0 Å². The van der Waals surface area contributed by atoms with Crippen molar-refractivity contribution in [2.75, 3.05) is 5.32 Å². The Morgan fingerprint density at radius 1 is 0.857 bits per heavy atom. The number of nitrogens with zero attached hydrogens (tertiary/aromatic N) is 4. The van der Waals surface area contributed by atoms with Crippen LogP contribution in [0.3, 0.4) is 0 Å². The number of amides is 1. The summed E-state index contributed by atoms with van der Waals surface area (Å²) in [6, 6.07) is 26.8. The molecule has 1 N–H and O–H groups in total. The third-order valence-corrected chi connectivity index (χ3v) is 6.27. The molecule has 172 valence electrons. The van der Waals surface area contributed by atoms with E-state index in [0.717, 1.165) is 22.5 Å². The van der Waals surface area contributed by atoms with Gasteiger partial charge >= 0.3 is 0 Å². The molecule has 0 aliphatic rings. The minimum atomic E-state index is -0.308. The molecule has 0 aliphatic heterocycles. The Hall–Kier alpha value is -4.30. The number of aromatic nitrogens is 4. The maximum absolute atomic E-state index is 13.6. The first kappa shape index (κ1) is 22.5. The first-order valence-corrected chi connectivity index (χ1v) is 11.9. The largest absolute Gasteiger partial charge is 0.322 e. The minimum Gasteiger partial charge on any atom is -0.322 e. The van der Waals surface area contributed by atoms with E-state index in [9.17, 15) is 9.18 Å². The summed E-state index contributed by atoms with van der Waals surface area (Å²) >= 11 is 1.51. The lowest BCUT2D eigenvalue weighted by Gasteiger charge is -2.10. The number of thioether (sulfide) groups is 1. The van der Waals surface area contributed by atoms with Gasteiger partial charge in [-0.1, -0.05) is 42.1 Å². The van der Waals surface area contributed by atoms with Gasteiger partial charge in [0.05, 0.1) is 0 Å². The Balaban J connectivity index is 1.34. The van der Waals surface area contributed by atoms with E-state index in [1.54, 1.807) is 36.7 Å². The van der Waals surface area contributed by atoms with E-state index >= 15 is 0 Å². The van der Waals surface area contributed by atoms with Crippen molar-refractivity contribution in [1.82, 2.24) is 19.7 Å². The molecule has 35 heavy (non-hydrogen) atoms. The predicted octanol–water partition coefficient (Wildman–Crippen LogP) is 6.01. The highest BCUT2D eigenvalue weighted by Gasteiger charge is 2.16. The zero-order chi connectivity index (χ0) is 24.0. The number of nitrogens with one attached hydrogen (secondary N) is 1. The number of anilines is 1. The van der Waals surface area contributed by atoms with Crippen molar-refractivity contribution in [1.29, 1.82) is 0 Å². The first-order valence-electron chi connectivity index (χ1n) is 10.9. The summed E-state index contributed by atoms with van der Waals surface area (Å²) in [7, 11) is 0. The summed E-state index contributed by atoms with van der Waals surface area (Å²) in [5.74, 6) is 0.803. The lowest BCUT2D eigenvalue weighted by molar-refractivity contribution is 0.102.